The highest BCUT2D eigenvalue weighted by Gasteiger charge is 2.19. The van der Waals surface area contributed by atoms with Gasteiger partial charge in [-0.1, -0.05) is 12.2 Å². The molecule has 74 valence electrons. The highest BCUT2D eigenvalue weighted by atomic mass is 32.1. The van der Waals surface area contributed by atoms with Crippen molar-refractivity contribution in [2.45, 2.75) is 31.4 Å². The lowest BCUT2D eigenvalue weighted by Gasteiger charge is -2.20. The van der Waals surface area contributed by atoms with Crippen molar-refractivity contribution < 1.29 is 9.53 Å². The SMILES string of the molecule is N[C@@H](CS)C(=O)OC1CC=CCC1. The average Bonchev–Trinajstić information content (AvgIpc) is 2.18. The Hall–Kier alpha value is -0.480. The van der Waals surface area contributed by atoms with Gasteiger partial charge in [0.1, 0.15) is 12.1 Å². The van der Waals surface area contributed by atoms with E-state index in [1.54, 1.807) is 0 Å². The molecule has 2 N–H and O–H groups in total. The Balaban J connectivity index is 2.31. The Bertz CT molecular complexity index is 206. The summed E-state index contributed by atoms with van der Waals surface area (Å²) in [4.78, 5) is 11.2. The molecule has 0 saturated carbocycles. The predicted molar refractivity (Wildman–Crippen MR) is 54.7 cm³/mol. The van der Waals surface area contributed by atoms with Crippen LogP contribution in [0, 0.1) is 0 Å². The zero-order chi connectivity index (χ0) is 9.68. The van der Waals surface area contributed by atoms with Crippen LogP contribution in [0.25, 0.3) is 0 Å². The molecular weight excluding hydrogens is 186 g/mol. The molecule has 0 aromatic heterocycles. The first-order valence-corrected chi connectivity index (χ1v) is 5.09. The molecule has 0 radical (unpaired) electrons. The van der Waals surface area contributed by atoms with Crippen LogP contribution >= 0.6 is 12.6 Å². The summed E-state index contributed by atoms with van der Waals surface area (Å²) >= 11 is 3.93. The van der Waals surface area contributed by atoms with E-state index in [9.17, 15) is 4.79 Å². The molecule has 0 bridgehead atoms. The van der Waals surface area contributed by atoms with Gasteiger partial charge in [0, 0.05) is 12.2 Å². The lowest BCUT2D eigenvalue weighted by atomic mass is 10.0. The second kappa shape index (κ2) is 5.29. The first-order chi connectivity index (χ1) is 6.24. The van der Waals surface area contributed by atoms with E-state index in [1.165, 1.54) is 0 Å². The Morgan fingerprint density at radius 3 is 3.00 bits per heavy atom. The lowest BCUT2D eigenvalue weighted by molar-refractivity contribution is -0.150. The number of carbonyl (C=O) groups is 1. The second-order valence-corrected chi connectivity index (χ2v) is 3.50. The second-order valence-electron chi connectivity index (χ2n) is 3.13. The Morgan fingerprint density at radius 2 is 2.46 bits per heavy atom. The first-order valence-electron chi connectivity index (χ1n) is 4.46. The van der Waals surface area contributed by atoms with Gasteiger partial charge in [0.2, 0.25) is 0 Å². The van der Waals surface area contributed by atoms with Crippen LogP contribution in [0.15, 0.2) is 12.2 Å². The molecule has 13 heavy (non-hydrogen) atoms. The molecule has 1 aliphatic rings. The molecule has 1 rings (SSSR count). The number of allylic oxidation sites excluding steroid dienone is 1. The van der Waals surface area contributed by atoms with E-state index < -0.39 is 6.04 Å². The number of rotatable bonds is 3. The molecule has 1 unspecified atom stereocenters. The zero-order valence-corrected chi connectivity index (χ0v) is 8.37. The number of hydrogen-bond donors (Lipinski definition) is 2. The van der Waals surface area contributed by atoms with Gasteiger partial charge >= 0.3 is 5.97 Å². The van der Waals surface area contributed by atoms with E-state index in [0.717, 1.165) is 19.3 Å². The number of ether oxygens (including phenoxy) is 1. The lowest BCUT2D eigenvalue weighted by Crippen LogP contribution is -2.36. The van der Waals surface area contributed by atoms with Crippen LogP contribution in [0.1, 0.15) is 19.3 Å². The van der Waals surface area contributed by atoms with Crippen LogP contribution in [0.2, 0.25) is 0 Å². The molecule has 0 aliphatic heterocycles. The minimum absolute atomic E-state index is 0.0171. The van der Waals surface area contributed by atoms with E-state index >= 15 is 0 Å². The molecule has 0 aromatic rings. The van der Waals surface area contributed by atoms with Crippen molar-refractivity contribution in [2.75, 3.05) is 5.75 Å². The van der Waals surface area contributed by atoms with Crippen molar-refractivity contribution in [3.63, 3.8) is 0 Å². The zero-order valence-electron chi connectivity index (χ0n) is 7.48. The molecule has 4 heteroatoms. The van der Waals surface area contributed by atoms with Crippen molar-refractivity contribution in [1.29, 1.82) is 0 Å². The van der Waals surface area contributed by atoms with Gasteiger partial charge in [-0.15, -0.1) is 0 Å². The molecule has 0 fully saturated rings. The van der Waals surface area contributed by atoms with Crippen LogP contribution in [-0.4, -0.2) is 23.9 Å². The average molecular weight is 201 g/mol. The summed E-state index contributed by atoms with van der Waals surface area (Å²) in [7, 11) is 0. The third kappa shape index (κ3) is 3.40. The maximum Gasteiger partial charge on any atom is 0.324 e. The largest absolute Gasteiger partial charge is 0.461 e. The fraction of sp³-hybridized carbons (Fsp3) is 0.667. The summed E-state index contributed by atoms with van der Waals surface area (Å²) in [6, 6.07) is -0.589. The Morgan fingerprint density at radius 1 is 1.69 bits per heavy atom. The number of carbonyl (C=O) groups excluding carboxylic acids is 1. The predicted octanol–water partition coefficient (Wildman–Crippen LogP) is 0.895. The van der Waals surface area contributed by atoms with Crippen molar-refractivity contribution in [3.8, 4) is 0 Å². The summed E-state index contributed by atoms with van der Waals surface area (Å²) in [6.45, 7) is 0. The molecule has 0 aromatic carbocycles. The van der Waals surface area contributed by atoms with Gasteiger partial charge < -0.3 is 10.5 Å². The number of thiol groups is 1. The quantitative estimate of drug-likeness (QED) is 0.405. The molecule has 0 saturated heterocycles. The van der Waals surface area contributed by atoms with Gasteiger partial charge in [0.15, 0.2) is 0 Å². The number of nitrogens with two attached hydrogens (primary N) is 1. The fourth-order valence-corrected chi connectivity index (χ4v) is 1.35. The number of esters is 1. The summed E-state index contributed by atoms with van der Waals surface area (Å²) in [5.41, 5.74) is 5.46. The first kappa shape index (κ1) is 10.6. The minimum Gasteiger partial charge on any atom is -0.461 e. The van der Waals surface area contributed by atoms with E-state index in [4.69, 9.17) is 10.5 Å². The molecular formula is C9H15NO2S. The third-order valence-electron chi connectivity index (χ3n) is 2.00. The van der Waals surface area contributed by atoms with Gasteiger partial charge in [-0.2, -0.15) is 12.6 Å². The third-order valence-corrected chi connectivity index (χ3v) is 2.40. The van der Waals surface area contributed by atoms with Crippen molar-refractivity contribution in [1.82, 2.24) is 0 Å². The maximum atomic E-state index is 11.2. The summed E-state index contributed by atoms with van der Waals surface area (Å²) < 4.78 is 5.18. The van der Waals surface area contributed by atoms with Crippen molar-refractivity contribution >= 4 is 18.6 Å². The van der Waals surface area contributed by atoms with Gasteiger partial charge in [-0.25, -0.2) is 0 Å². The highest BCUT2D eigenvalue weighted by molar-refractivity contribution is 7.80. The molecule has 0 amide bonds. The van der Waals surface area contributed by atoms with E-state index in [1.807, 2.05) is 6.08 Å². The van der Waals surface area contributed by atoms with Crippen molar-refractivity contribution in [3.05, 3.63) is 12.2 Å². The van der Waals surface area contributed by atoms with Crippen LogP contribution in [-0.2, 0) is 9.53 Å². The molecule has 3 nitrogen and oxygen atoms in total. The molecule has 0 spiro atoms. The van der Waals surface area contributed by atoms with Gasteiger partial charge in [0.05, 0.1) is 0 Å². The summed E-state index contributed by atoms with van der Waals surface area (Å²) in [6.07, 6.45) is 6.85. The normalized spacial score (nSPS) is 24.0. The molecule has 2 atom stereocenters. The summed E-state index contributed by atoms with van der Waals surface area (Å²) in [5.74, 6) is -0.00297. The van der Waals surface area contributed by atoms with Crippen LogP contribution in [0.3, 0.4) is 0 Å². The molecule has 1 aliphatic carbocycles. The van der Waals surface area contributed by atoms with Crippen molar-refractivity contribution in [2.24, 2.45) is 5.73 Å². The van der Waals surface area contributed by atoms with Crippen LogP contribution in [0.5, 0.6) is 0 Å². The van der Waals surface area contributed by atoms with Gasteiger partial charge in [-0.3, -0.25) is 4.79 Å². The van der Waals surface area contributed by atoms with Gasteiger partial charge in [0.25, 0.3) is 0 Å². The monoisotopic (exact) mass is 201 g/mol. The smallest absolute Gasteiger partial charge is 0.324 e. The van der Waals surface area contributed by atoms with E-state index in [0.29, 0.717) is 5.75 Å². The standard InChI is InChI=1S/C9H15NO2S/c10-8(6-13)9(11)12-7-4-2-1-3-5-7/h1-2,7-8,13H,3-6,10H2/t7?,8-/m0/s1. The highest BCUT2D eigenvalue weighted by Crippen LogP contribution is 2.14. The minimum atomic E-state index is -0.589. The fourth-order valence-electron chi connectivity index (χ4n) is 1.20. The van der Waals surface area contributed by atoms with Crippen LogP contribution in [0.4, 0.5) is 0 Å². The Labute approximate surface area is 83.7 Å². The Kier molecular flexibility index (Phi) is 4.32. The van der Waals surface area contributed by atoms with Gasteiger partial charge in [-0.05, 0) is 12.8 Å². The number of hydrogen-bond acceptors (Lipinski definition) is 4. The van der Waals surface area contributed by atoms with Crippen LogP contribution < -0.4 is 5.73 Å². The van der Waals surface area contributed by atoms with E-state index in [2.05, 4.69) is 18.7 Å². The topological polar surface area (TPSA) is 52.3 Å². The summed E-state index contributed by atoms with van der Waals surface area (Å²) in [5, 5.41) is 0. The van der Waals surface area contributed by atoms with E-state index in [-0.39, 0.29) is 12.1 Å². The molecule has 0 heterocycles. The maximum absolute atomic E-state index is 11.2.